The molecule has 0 aromatic rings. The van der Waals surface area contributed by atoms with Crippen LogP contribution in [0.1, 0.15) is 40.0 Å². The van der Waals surface area contributed by atoms with Gasteiger partial charge in [0.15, 0.2) is 0 Å². The molecular weight excluding hydrogens is 178 g/mol. The zero-order chi connectivity index (χ0) is 11.0. The van der Waals surface area contributed by atoms with Gasteiger partial charge in [-0.15, -0.1) is 0 Å². The zero-order valence-electron chi connectivity index (χ0n) is 9.80. The number of unbranched alkanes of at least 4 members (excludes halogenated alkanes) is 2. The molecule has 14 heavy (non-hydrogen) atoms. The average Bonchev–Trinajstić information content (AvgIpc) is 2.16. The van der Waals surface area contributed by atoms with E-state index < -0.39 is 0 Å². The van der Waals surface area contributed by atoms with E-state index >= 15 is 0 Å². The van der Waals surface area contributed by atoms with Gasteiger partial charge in [0.2, 0.25) is 0 Å². The van der Waals surface area contributed by atoms with Gasteiger partial charge in [0.25, 0.3) is 0 Å². The normalized spacial score (nSPS) is 12.9. The molecule has 0 aromatic heterocycles. The van der Waals surface area contributed by atoms with Gasteiger partial charge in [-0.1, -0.05) is 33.6 Å². The van der Waals surface area contributed by atoms with Crippen molar-refractivity contribution in [3.63, 3.8) is 0 Å². The van der Waals surface area contributed by atoms with Gasteiger partial charge in [0.1, 0.15) is 6.04 Å². The highest BCUT2D eigenvalue weighted by atomic mass is 16.5. The largest absolute Gasteiger partial charge is 0.468 e. The quantitative estimate of drug-likeness (QED) is 0.505. The van der Waals surface area contributed by atoms with Crippen LogP contribution in [0.4, 0.5) is 0 Å². The molecule has 0 saturated heterocycles. The minimum atomic E-state index is -0.156. The van der Waals surface area contributed by atoms with Gasteiger partial charge in [-0.3, -0.25) is 4.79 Å². The van der Waals surface area contributed by atoms with Crippen LogP contribution in [0.15, 0.2) is 0 Å². The first kappa shape index (κ1) is 13.4. The van der Waals surface area contributed by atoms with Crippen LogP contribution in [0.5, 0.6) is 0 Å². The first-order valence-electron chi connectivity index (χ1n) is 5.44. The summed E-state index contributed by atoms with van der Waals surface area (Å²) in [7, 11) is 1.44. The van der Waals surface area contributed by atoms with Gasteiger partial charge in [-0.05, 0) is 18.9 Å². The molecule has 0 aliphatic carbocycles. The van der Waals surface area contributed by atoms with Crippen molar-refractivity contribution in [3.05, 3.63) is 0 Å². The van der Waals surface area contributed by atoms with Gasteiger partial charge >= 0.3 is 5.97 Å². The zero-order valence-corrected chi connectivity index (χ0v) is 9.80. The first-order valence-corrected chi connectivity index (χ1v) is 5.44. The van der Waals surface area contributed by atoms with Crippen LogP contribution in [0.25, 0.3) is 0 Å². The fraction of sp³-hybridized carbons (Fsp3) is 0.909. The maximum absolute atomic E-state index is 11.3. The second-order valence-electron chi connectivity index (χ2n) is 3.91. The summed E-state index contributed by atoms with van der Waals surface area (Å²) in [5.41, 5.74) is 0. The minimum Gasteiger partial charge on any atom is -0.468 e. The maximum atomic E-state index is 11.3. The van der Waals surface area contributed by atoms with Crippen LogP contribution in [-0.2, 0) is 9.53 Å². The highest BCUT2D eigenvalue weighted by molar-refractivity contribution is 5.75. The number of ether oxygens (including phenoxy) is 1. The second kappa shape index (κ2) is 7.80. The van der Waals surface area contributed by atoms with Gasteiger partial charge < -0.3 is 10.1 Å². The number of hydrogen-bond donors (Lipinski definition) is 1. The van der Waals surface area contributed by atoms with E-state index in [0.29, 0.717) is 0 Å². The highest BCUT2D eigenvalue weighted by Gasteiger charge is 2.21. The lowest BCUT2D eigenvalue weighted by Crippen LogP contribution is -2.42. The van der Waals surface area contributed by atoms with Crippen LogP contribution < -0.4 is 5.32 Å². The monoisotopic (exact) mass is 201 g/mol. The Morgan fingerprint density at radius 3 is 2.43 bits per heavy atom. The molecule has 0 rings (SSSR count). The van der Waals surface area contributed by atoms with Crippen LogP contribution in [0, 0.1) is 5.92 Å². The van der Waals surface area contributed by atoms with Crippen molar-refractivity contribution in [2.75, 3.05) is 13.7 Å². The molecule has 0 aliphatic rings. The van der Waals surface area contributed by atoms with E-state index in [2.05, 4.69) is 12.2 Å². The summed E-state index contributed by atoms with van der Waals surface area (Å²) in [4.78, 5) is 11.3. The smallest absolute Gasteiger partial charge is 0.323 e. The molecule has 0 fully saturated rings. The molecule has 0 heterocycles. The number of carbonyl (C=O) groups is 1. The molecule has 1 N–H and O–H groups in total. The SMILES string of the molecule is CCCCCNC(C(=O)OC)C(C)C. The minimum absolute atomic E-state index is 0.156. The molecular formula is C11H23NO2. The van der Waals surface area contributed by atoms with E-state index in [1.807, 2.05) is 13.8 Å². The topological polar surface area (TPSA) is 38.3 Å². The third-order valence-corrected chi connectivity index (χ3v) is 2.27. The van der Waals surface area contributed by atoms with E-state index in [1.165, 1.54) is 20.0 Å². The fourth-order valence-corrected chi connectivity index (χ4v) is 1.35. The molecule has 84 valence electrons. The number of rotatable bonds is 7. The molecule has 0 amide bonds. The Labute approximate surface area is 87.2 Å². The lowest BCUT2D eigenvalue weighted by Gasteiger charge is -2.19. The standard InChI is InChI=1S/C11H23NO2/c1-5-6-7-8-12-10(9(2)3)11(13)14-4/h9-10,12H,5-8H2,1-4H3. The summed E-state index contributed by atoms with van der Waals surface area (Å²) in [6, 6.07) is -0.156. The lowest BCUT2D eigenvalue weighted by atomic mass is 10.0. The Morgan fingerprint density at radius 2 is 2.00 bits per heavy atom. The van der Waals surface area contributed by atoms with Crippen LogP contribution in [0.2, 0.25) is 0 Å². The van der Waals surface area contributed by atoms with Crippen LogP contribution in [-0.4, -0.2) is 25.7 Å². The summed E-state index contributed by atoms with van der Waals surface area (Å²) in [6.45, 7) is 7.11. The molecule has 3 nitrogen and oxygen atoms in total. The second-order valence-corrected chi connectivity index (χ2v) is 3.91. The summed E-state index contributed by atoms with van der Waals surface area (Å²) in [5, 5.41) is 3.23. The number of carbonyl (C=O) groups excluding carboxylic acids is 1. The van der Waals surface area contributed by atoms with Gasteiger partial charge in [0.05, 0.1) is 7.11 Å². The van der Waals surface area contributed by atoms with E-state index in [0.717, 1.165) is 13.0 Å². The summed E-state index contributed by atoms with van der Waals surface area (Å²) >= 11 is 0. The summed E-state index contributed by atoms with van der Waals surface area (Å²) in [5.74, 6) is 0.126. The molecule has 1 atom stereocenters. The Balaban J connectivity index is 3.80. The number of esters is 1. The molecule has 0 spiro atoms. The number of hydrogen-bond acceptors (Lipinski definition) is 3. The molecule has 0 aromatic carbocycles. The van der Waals surface area contributed by atoms with Crippen LogP contribution in [0.3, 0.4) is 0 Å². The maximum Gasteiger partial charge on any atom is 0.323 e. The Kier molecular flexibility index (Phi) is 7.48. The third-order valence-electron chi connectivity index (χ3n) is 2.27. The molecule has 0 radical (unpaired) electrons. The van der Waals surface area contributed by atoms with E-state index in [-0.39, 0.29) is 17.9 Å². The molecule has 3 heteroatoms. The average molecular weight is 201 g/mol. The Hall–Kier alpha value is -0.570. The van der Waals surface area contributed by atoms with Crippen molar-refractivity contribution in [3.8, 4) is 0 Å². The van der Waals surface area contributed by atoms with E-state index in [1.54, 1.807) is 0 Å². The molecule has 0 aliphatic heterocycles. The molecule has 0 bridgehead atoms. The Bertz CT molecular complexity index is 157. The molecule has 0 saturated carbocycles. The van der Waals surface area contributed by atoms with E-state index in [9.17, 15) is 4.79 Å². The highest BCUT2D eigenvalue weighted by Crippen LogP contribution is 2.04. The van der Waals surface area contributed by atoms with Gasteiger partial charge in [-0.25, -0.2) is 0 Å². The summed E-state index contributed by atoms with van der Waals surface area (Å²) < 4.78 is 4.73. The molecule has 1 unspecified atom stereocenters. The van der Waals surface area contributed by atoms with Gasteiger partial charge in [-0.2, -0.15) is 0 Å². The first-order chi connectivity index (χ1) is 6.63. The lowest BCUT2D eigenvalue weighted by molar-refractivity contribution is -0.144. The van der Waals surface area contributed by atoms with Crippen molar-refractivity contribution < 1.29 is 9.53 Å². The van der Waals surface area contributed by atoms with Crippen molar-refractivity contribution >= 4 is 5.97 Å². The van der Waals surface area contributed by atoms with Crippen molar-refractivity contribution in [2.24, 2.45) is 5.92 Å². The van der Waals surface area contributed by atoms with Crippen molar-refractivity contribution in [1.82, 2.24) is 5.32 Å². The van der Waals surface area contributed by atoms with Crippen molar-refractivity contribution in [2.45, 2.75) is 46.1 Å². The number of methoxy groups -OCH3 is 1. The van der Waals surface area contributed by atoms with Crippen LogP contribution >= 0.6 is 0 Å². The van der Waals surface area contributed by atoms with E-state index in [4.69, 9.17) is 4.74 Å². The Morgan fingerprint density at radius 1 is 1.36 bits per heavy atom. The number of nitrogens with one attached hydrogen (secondary N) is 1. The summed E-state index contributed by atoms with van der Waals surface area (Å²) in [6.07, 6.45) is 3.53. The fourth-order valence-electron chi connectivity index (χ4n) is 1.35. The third kappa shape index (κ3) is 5.22. The predicted molar refractivity (Wildman–Crippen MR) is 58.2 cm³/mol. The predicted octanol–water partition coefficient (Wildman–Crippen LogP) is 1.96. The van der Waals surface area contributed by atoms with Gasteiger partial charge in [0, 0.05) is 0 Å². The van der Waals surface area contributed by atoms with Crippen molar-refractivity contribution in [1.29, 1.82) is 0 Å².